The van der Waals surface area contributed by atoms with Crippen LogP contribution in [-0.2, 0) is 65.4 Å². The van der Waals surface area contributed by atoms with Crippen LogP contribution in [0.3, 0.4) is 0 Å². The molecule has 22 heteroatoms. The molecule has 0 unspecified atom stereocenters. The van der Waals surface area contributed by atoms with Crippen molar-refractivity contribution in [2.24, 2.45) is 0 Å². The number of nitrogens with zero attached hydrogens (tertiary/aromatic N) is 6. The molecule has 20 nitrogen and oxygen atoms in total. The van der Waals surface area contributed by atoms with E-state index in [1.807, 2.05) is 96.4 Å². The van der Waals surface area contributed by atoms with Crippen molar-refractivity contribution in [3.05, 3.63) is 159 Å². The first kappa shape index (κ1) is 65.2. The Morgan fingerprint density at radius 2 is 0.967 bits per heavy atom. The van der Waals surface area contributed by atoms with Gasteiger partial charge in [-0.05, 0) is 97.5 Å². The molecule has 6 N–H and O–H groups in total. The Hall–Kier alpha value is -6.30. The van der Waals surface area contributed by atoms with Crippen molar-refractivity contribution < 1.29 is 28.7 Å². The number of aromatic amines is 2. The van der Waals surface area contributed by atoms with Crippen LogP contribution in [0.25, 0.3) is 0 Å². The second-order valence-corrected chi connectivity index (χ2v) is 28.1. The van der Waals surface area contributed by atoms with Crippen LogP contribution in [0.1, 0.15) is 97.4 Å². The van der Waals surface area contributed by atoms with E-state index in [4.69, 9.17) is 32.7 Å². The zero-order valence-electron chi connectivity index (χ0n) is 53.2. The summed E-state index contributed by atoms with van der Waals surface area (Å²) >= 11 is 12.5. The number of carbonyl (C=O) groups is 4. The van der Waals surface area contributed by atoms with Gasteiger partial charge in [-0.2, -0.15) is 0 Å². The molecular weight excluding hydrogens is 1180 g/mol. The number of nitrogens with one attached hydrogen (secondary N) is 6. The van der Waals surface area contributed by atoms with Crippen molar-refractivity contribution >= 4 is 58.2 Å². The number of ether oxygens (including phenoxy) is 2. The van der Waals surface area contributed by atoms with Gasteiger partial charge in [0, 0.05) is 172 Å². The maximum atomic E-state index is 14.5. The lowest BCUT2D eigenvalue weighted by Gasteiger charge is -2.43. The molecule has 4 amide bonds. The van der Waals surface area contributed by atoms with Crippen molar-refractivity contribution in [2.45, 2.75) is 129 Å². The first-order valence-electron chi connectivity index (χ1n) is 31.8. The Morgan fingerprint density at radius 1 is 0.567 bits per heavy atom. The Balaban J connectivity index is 0.632. The van der Waals surface area contributed by atoms with Gasteiger partial charge in [-0.15, -0.1) is 0 Å². The van der Waals surface area contributed by atoms with E-state index in [1.54, 1.807) is 0 Å². The van der Waals surface area contributed by atoms with E-state index in [1.165, 1.54) is 0 Å². The number of hydrogen-bond acceptors (Lipinski definition) is 14. The van der Waals surface area contributed by atoms with Crippen LogP contribution in [-0.4, -0.2) is 194 Å². The summed E-state index contributed by atoms with van der Waals surface area (Å²) in [7, 11) is 0. The van der Waals surface area contributed by atoms with Crippen LogP contribution in [0.2, 0.25) is 10.0 Å². The Kier molecular flexibility index (Phi) is 19.9. The molecule has 6 aliphatic rings. The lowest BCUT2D eigenvalue weighted by atomic mass is 9.90. The fourth-order valence-electron chi connectivity index (χ4n) is 13.9. The summed E-state index contributed by atoms with van der Waals surface area (Å²) in [5.41, 5.74) is 8.87. The quantitative estimate of drug-likeness (QED) is 0.0697. The first-order valence-corrected chi connectivity index (χ1v) is 32.6. The highest BCUT2D eigenvalue weighted by atomic mass is 35.5. The third kappa shape index (κ3) is 15.1. The average Bonchev–Trinajstić information content (AvgIpc) is 1.62. The maximum Gasteiger partial charge on any atom is 0.251 e. The van der Waals surface area contributed by atoms with Crippen molar-refractivity contribution in [1.82, 2.24) is 50.8 Å². The highest BCUT2D eigenvalue weighted by Crippen LogP contribution is 2.41. The number of aromatic nitrogens is 2. The second kappa shape index (κ2) is 27.5. The van der Waals surface area contributed by atoms with Gasteiger partial charge in [0.25, 0.3) is 22.9 Å². The lowest BCUT2D eigenvalue weighted by Crippen LogP contribution is -2.62. The molecule has 482 valence electrons. The molecule has 2 aromatic heterocycles. The number of rotatable bonds is 18. The zero-order valence-corrected chi connectivity index (χ0v) is 54.8. The fourth-order valence-corrected chi connectivity index (χ4v) is 14.3. The molecule has 0 spiro atoms. The van der Waals surface area contributed by atoms with Crippen molar-refractivity contribution in [3.8, 4) is 0 Å². The van der Waals surface area contributed by atoms with E-state index in [9.17, 15) is 28.8 Å². The van der Waals surface area contributed by atoms with Crippen molar-refractivity contribution in [1.29, 1.82) is 0 Å². The van der Waals surface area contributed by atoms with Gasteiger partial charge in [-0.1, -0.05) is 87.3 Å². The number of amides is 4. The zero-order chi connectivity index (χ0) is 63.8. The summed E-state index contributed by atoms with van der Waals surface area (Å²) in [5.74, 6) is -0.427. The molecule has 90 heavy (non-hydrogen) atoms. The van der Waals surface area contributed by atoms with Gasteiger partial charge in [0.15, 0.2) is 0 Å². The molecule has 0 radical (unpaired) electrons. The lowest BCUT2D eigenvalue weighted by molar-refractivity contribution is -0.139. The van der Waals surface area contributed by atoms with Gasteiger partial charge in [-0.25, -0.2) is 0 Å². The van der Waals surface area contributed by atoms with E-state index in [0.29, 0.717) is 139 Å². The van der Waals surface area contributed by atoms with E-state index in [2.05, 4.69) is 92.4 Å². The number of fused-ring (bicyclic) bond motifs is 2. The molecule has 0 aliphatic carbocycles. The molecule has 8 heterocycles. The van der Waals surface area contributed by atoms with Crippen molar-refractivity contribution in [2.75, 3.05) is 115 Å². The maximum absolute atomic E-state index is 14.5. The highest BCUT2D eigenvalue weighted by molar-refractivity contribution is 6.31. The molecule has 4 fully saturated rings. The topological polar surface area (TPSA) is 220 Å². The number of halogens is 2. The molecule has 6 aliphatic heterocycles. The van der Waals surface area contributed by atoms with Gasteiger partial charge in [0.2, 0.25) is 11.8 Å². The number of anilines is 2. The molecule has 6 atom stereocenters. The molecule has 4 saturated heterocycles. The van der Waals surface area contributed by atoms with Gasteiger partial charge in [-0.3, -0.25) is 48.4 Å². The smallest absolute Gasteiger partial charge is 0.251 e. The average molecular weight is 1270 g/mol. The second-order valence-electron chi connectivity index (χ2n) is 27.3. The minimum Gasteiger partial charge on any atom is -0.366 e. The van der Waals surface area contributed by atoms with Gasteiger partial charge >= 0.3 is 0 Å². The molecule has 3 aromatic carbocycles. The summed E-state index contributed by atoms with van der Waals surface area (Å²) in [6.07, 6.45) is -0.476. The molecular formula is C68H88Cl2N12O8. The van der Waals surface area contributed by atoms with Gasteiger partial charge in [0.05, 0.1) is 37.7 Å². The molecule has 0 bridgehead atoms. The van der Waals surface area contributed by atoms with E-state index < -0.39 is 23.0 Å². The Labute approximate surface area is 537 Å². The summed E-state index contributed by atoms with van der Waals surface area (Å²) in [6.45, 7) is 25.4. The number of aryl methyl sites for hydroxylation is 2. The number of H-pyrrole nitrogens is 2. The molecule has 0 saturated carbocycles. The van der Waals surface area contributed by atoms with Crippen LogP contribution >= 0.6 is 23.2 Å². The van der Waals surface area contributed by atoms with Crippen LogP contribution in [0, 0.1) is 13.8 Å². The minimum atomic E-state index is -0.661. The fraction of sp³-hybridized carbons (Fsp3) is 0.529. The number of carbonyl (C=O) groups excluding carboxylic acids is 4. The number of benzene rings is 3. The van der Waals surface area contributed by atoms with E-state index in [-0.39, 0.29) is 72.0 Å². The van der Waals surface area contributed by atoms with Crippen LogP contribution in [0.15, 0.2) is 82.4 Å². The van der Waals surface area contributed by atoms with E-state index in [0.717, 1.165) is 56.1 Å². The Bertz CT molecular complexity index is 3380. The van der Waals surface area contributed by atoms with Crippen LogP contribution in [0.5, 0.6) is 0 Å². The molecule has 5 aromatic rings. The van der Waals surface area contributed by atoms with Crippen LogP contribution < -0.4 is 42.2 Å². The summed E-state index contributed by atoms with van der Waals surface area (Å²) in [4.78, 5) is 102. The Morgan fingerprint density at radius 3 is 1.36 bits per heavy atom. The van der Waals surface area contributed by atoms with Crippen LogP contribution in [0.4, 0.5) is 11.4 Å². The number of morpholine rings is 2. The van der Waals surface area contributed by atoms with Crippen molar-refractivity contribution in [3.63, 3.8) is 0 Å². The predicted molar refractivity (Wildman–Crippen MR) is 351 cm³/mol. The summed E-state index contributed by atoms with van der Waals surface area (Å²) < 4.78 is 12.1. The predicted octanol–water partition coefficient (Wildman–Crippen LogP) is 4.78. The number of hydrogen-bond donors (Lipinski definition) is 6. The summed E-state index contributed by atoms with van der Waals surface area (Å²) in [6, 6.07) is 23.3. The first-order chi connectivity index (χ1) is 42.9. The molecule has 11 rings (SSSR count). The highest BCUT2D eigenvalue weighted by Gasteiger charge is 2.43. The third-order valence-corrected chi connectivity index (χ3v) is 19.6. The monoisotopic (exact) mass is 1270 g/mol. The van der Waals surface area contributed by atoms with E-state index >= 15 is 0 Å². The third-order valence-electron chi connectivity index (χ3n) is 19.1. The SMILES string of the molecule is Cc1cc(Cl)ccc1Cc1cc2c([nH]c1=O)C(C)(C)CN2C(=O)CN1C[C@@H](C)NC[C@@H]1CN1CCO[C@H](C(=O)NCc2ccc(CNC(=O)[C@@H]3CN(C[C@H]4CN[C@H](C)CN4CC(=O)N4CC(C)(C)c5[nH]c(=O)c(Cc6ccc(Cl)cc6C)cc54)CCO3)cc2)C1. The largest absolute Gasteiger partial charge is 0.366 e. The summed E-state index contributed by atoms with van der Waals surface area (Å²) in [5, 5.41) is 14.7. The number of piperazine rings is 2. The van der Waals surface area contributed by atoms with Gasteiger partial charge in [0.1, 0.15) is 12.2 Å². The normalized spacial score (nSPS) is 23.8. The number of pyridine rings is 2. The van der Waals surface area contributed by atoms with Gasteiger partial charge < -0.3 is 50.5 Å². The standard InChI is InChI=1S/C68H88Cl2N12O8/c1-41-21-51(69)15-13-47(41)23-49-25-55-61(75-63(49)85)67(5,6)39-81(55)59(83)37-79-31-43(3)71-29-53(79)33-77-17-19-89-57(35-77)65(87)73-27-45-9-11-46(12-10-45)28-74-66(88)58-36-78(18-20-90-58)34-54-30-72-44(4)32-80(54)38-60(84)82-40-68(7,8)62-56(82)26-50(64(86)76-62)24-48-14-16-52(70)22-42(48)2/h9-16,21-22,25-26,43-44,53-54,57-58,71-72H,17-20,23-24,27-40H2,1-8H3,(H,73,87)(H,74,88)(H,75,85)(H,76,86)/t43-,44-,53-,54-,57+,58+/m1/s1. The minimum absolute atomic E-state index is 0.0109.